The predicted molar refractivity (Wildman–Crippen MR) is 87.9 cm³/mol. The highest BCUT2D eigenvalue weighted by Crippen LogP contribution is 2.18. The second kappa shape index (κ2) is 6.46. The monoisotopic (exact) mass is 342 g/mol. The van der Waals surface area contributed by atoms with Crippen molar-refractivity contribution in [3.8, 4) is 0 Å². The van der Waals surface area contributed by atoms with E-state index in [1.807, 2.05) is 6.92 Å². The normalized spacial score (nSPS) is 11.3. The zero-order valence-corrected chi connectivity index (χ0v) is 13.7. The van der Waals surface area contributed by atoms with Gasteiger partial charge in [-0.3, -0.25) is 4.72 Å². The number of nitrogens with two attached hydrogens (primary N) is 1. The first-order chi connectivity index (χ1) is 9.89. The molecular formula is C12H14N4O2S3. The first-order valence-corrected chi connectivity index (χ1v) is 8.99. The maximum atomic E-state index is 12.1. The molecule has 0 aliphatic rings. The van der Waals surface area contributed by atoms with Crippen molar-refractivity contribution in [1.29, 1.82) is 0 Å². The number of nitrogens with one attached hydrogen (secondary N) is 1. The third-order valence-electron chi connectivity index (χ3n) is 2.61. The lowest BCUT2D eigenvalue weighted by Gasteiger charge is -2.05. The van der Waals surface area contributed by atoms with Crippen LogP contribution < -0.4 is 10.5 Å². The number of anilines is 1. The van der Waals surface area contributed by atoms with Crippen LogP contribution in [0.5, 0.6) is 0 Å². The molecule has 2 rings (SSSR count). The number of hydrogen-bond donors (Lipinski definition) is 2. The van der Waals surface area contributed by atoms with Crippen LogP contribution in [0.25, 0.3) is 0 Å². The van der Waals surface area contributed by atoms with Crippen molar-refractivity contribution < 1.29 is 8.42 Å². The van der Waals surface area contributed by atoms with Crippen molar-refractivity contribution in [3.63, 3.8) is 0 Å². The first kappa shape index (κ1) is 15.8. The predicted octanol–water partition coefficient (Wildman–Crippen LogP) is 1.68. The summed E-state index contributed by atoms with van der Waals surface area (Å²) >= 11 is 6.08. The summed E-state index contributed by atoms with van der Waals surface area (Å²) in [5, 5.41) is 8.74. The molecule has 1 aromatic carbocycles. The minimum Gasteiger partial charge on any atom is -0.389 e. The lowest BCUT2D eigenvalue weighted by molar-refractivity contribution is 0.600. The number of thiocarbonyl (C=S) groups is 1. The Bertz CT molecular complexity index is 738. The molecule has 1 aromatic heterocycles. The summed E-state index contributed by atoms with van der Waals surface area (Å²) in [6, 6.07) is 6.78. The highest BCUT2D eigenvalue weighted by molar-refractivity contribution is 7.92. The molecule has 0 saturated carbocycles. The maximum Gasteiger partial charge on any atom is 0.238 e. The van der Waals surface area contributed by atoms with Crippen molar-refractivity contribution in [2.45, 2.75) is 19.1 Å². The molecule has 0 aliphatic heterocycles. The average molecular weight is 342 g/mol. The summed E-state index contributed by atoms with van der Waals surface area (Å²) in [4.78, 5) is 0.281. The molecule has 9 heteroatoms. The Morgan fingerprint density at radius 1 is 1.33 bits per heavy atom. The third kappa shape index (κ3) is 4.45. The molecule has 0 amide bonds. The third-order valence-corrected chi connectivity index (χ3v) is 5.17. The standard InChI is InChI=1S/C12H14N4O2S3/c1-2-10-14-15-12(20-10)16-21(17,18)7-8-3-5-9(6-4-8)11(13)19/h3-6H,2,7H2,1H3,(H2,13,19)(H,15,16). The smallest absolute Gasteiger partial charge is 0.238 e. The summed E-state index contributed by atoms with van der Waals surface area (Å²) in [5.74, 6) is -0.147. The van der Waals surface area contributed by atoms with Crippen LogP contribution in [0.15, 0.2) is 24.3 Å². The molecule has 0 unspecified atom stereocenters. The SMILES string of the molecule is CCc1nnc(NS(=O)(=O)Cc2ccc(C(N)=S)cc2)s1. The summed E-state index contributed by atoms with van der Waals surface area (Å²) in [6.07, 6.45) is 0.722. The Morgan fingerprint density at radius 2 is 2.00 bits per heavy atom. The van der Waals surface area contributed by atoms with Crippen LogP contribution in [0.3, 0.4) is 0 Å². The second-order valence-electron chi connectivity index (χ2n) is 4.28. The fourth-order valence-electron chi connectivity index (χ4n) is 1.59. The average Bonchev–Trinajstić information content (AvgIpc) is 2.85. The lowest BCUT2D eigenvalue weighted by Crippen LogP contribution is -2.15. The van der Waals surface area contributed by atoms with Gasteiger partial charge < -0.3 is 5.73 Å². The molecule has 6 nitrogen and oxygen atoms in total. The molecule has 0 fully saturated rings. The summed E-state index contributed by atoms with van der Waals surface area (Å²) in [5.41, 5.74) is 6.84. The number of sulfonamides is 1. The van der Waals surface area contributed by atoms with E-state index >= 15 is 0 Å². The molecule has 2 aromatic rings. The summed E-state index contributed by atoms with van der Waals surface area (Å²) < 4.78 is 26.6. The highest BCUT2D eigenvalue weighted by atomic mass is 32.2. The van der Waals surface area contributed by atoms with Gasteiger partial charge in [0.05, 0.1) is 5.75 Å². The minimum atomic E-state index is -3.52. The number of benzene rings is 1. The van der Waals surface area contributed by atoms with Gasteiger partial charge in [-0.15, -0.1) is 10.2 Å². The maximum absolute atomic E-state index is 12.1. The zero-order valence-electron chi connectivity index (χ0n) is 11.2. The minimum absolute atomic E-state index is 0.147. The topological polar surface area (TPSA) is 98.0 Å². The number of hydrogen-bond acceptors (Lipinski definition) is 6. The van der Waals surface area contributed by atoms with Gasteiger partial charge >= 0.3 is 0 Å². The molecule has 0 aliphatic carbocycles. The lowest BCUT2D eigenvalue weighted by atomic mass is 10.1. The Labute approximate surface area is 132 Å². The van der Waals surface area contributed by atoms with Gasteiger partial charge in [-0.25, -0.2) is 8.42 Å². The molecule has 0 saturated heterocycles. The van der Waals surface area contributed by atoms with Crippen molar-refractivity contribution in [2.75, 3.05) is 4.72 Å². The van der Waals surface area contributed by atoms with Crippen molar-refractivity contribution in [1.82, 2.24) is 10.2 Å². The largest absolute Gasteiger partial charge is 0.389 e. The van der Waals surface area contributed by atoms with Gasteiger partial charge in [0.15, 0.2) is 0 Å². The summed E-state index contributed by atoms with van der Waals surface area (Å²) in [7, 11) is -3.52. The van der Waals surface area contributed by atoms with Gasteiger partial charge in [-0.05, 0) is 12.0 Å². The van der Waals surface area contributed by atoms with E-state index in [-0.39, 0.29) is 15.9 Å². The van der Waals surface area contributed by atoms with Gasteiger partial charge in [-0.2, -0.15) is 0 Å². The molecule has 0 radical (unpaired) electrons. The van der Waals surface area contributed by atoms with E-state index in [4.69, 9.17) is 18.0 Å². The first-order valence-electron chi connectivity index (χ1n) is 6.11. The van der Waals surface area contributed by atoms with Crippen LogP contribution in [-0.2, 0) is 22.2 Å². The summed E-state index contributed by atoms with van der Waals surface area (Å²) in [6.45, 7) is 1.93. The van der Waals surface area contributed by atoms with Gasteiger partial charge in [-0.1, -0.05) is 54.7 Å². The van der Waals surface area contributed by atoms with Crippen molar-refractivity contribution in [3.05, 3.63) is 40.4 Å². The van der Waals surface area contributed by atoms with Crippen LogP contribution in [0.2, 0.25) is 0 Å². The molecule has 21 heavy (non-hydrogen) atoms. The van der Waals surface area contributed by atoms with E-state index < -0.39 is 10.0 Å². The van der Waals surface area contributed by atoms with Crippen LogP contribution in [0.1, 0.15) is 23.1 Å². The van der Waals surface area contributed by atoms with Gasteiger partial charge in [0, 0.05) is 5.56 Å². The Kier molecular flexibility index (Phi) is 4.86. The van der Waals surface area contributed by atoms with E-state index in [0.29, 0.717) is 11.1 Å². The van der Waals surface area contributed by atoms with Crippen LogP contribution in [-0.4, -0.2) is 23.6 Å². The number of nitrogens with zero attached hydrogens (tertiary/aromatic N) is 2. The van der Waals surface area contributed by atoms with Crippen LogP contribution in [0, 0.1) is 0 Å². The van der Waals surface area contributed by atoms with Crippen LogP contribution >= 0.6 is 23.6 Å². The molecular weight excluding hydrogens is 328 g/mol. The number of aromatic nitrogens is 2. The van der Waals surface area contributed by atoms with Gasteiger partial charge in [0.2, 0.25) is 15.2 Å². The van der Waals surface area contributed by atoms with Crippen LogP contribution in [0.4, 0.5) is 5.13 Å². The van der Waals surface area contributed by atoms with Gasteiger partial charge in [0.25, 0.3) is 0 Å². The zero-order chi connectivity index (χ0) is 15.5. The number of aryl methyl sites for hydroxylation is 1. The van der Waals surface area contributed by atoms with Crippen molar-refractivity contribution in [2.24, 2.45) is 5.73 Å². The molecule has 112 valence electrons. The van der Waals surface area contributed by atoms with Crippen molar-refractivity contribution >= 4 is 43.7 Å². The molecule has 3 N–H and O–H groups in total. The van der Waals surface area contributed by atoms with E-state index in [9.17, 15) is 8.42 Å². The number of rotatable bonds is 6. The molecule has 1 heterocycles. The Morgan fingerprint density at radius 3 is 2.52 bits per heavy atom. The fourth-order valence-corrected chi connectivity index (χ4v) is 3.82. The molecule has 0 atom stereocenters. The molecule has 0 spiro atoms. The fraction of sp³-hybridized carbons (Fsp3) is 0.250. The Balaban J connectivity index is 2.08. The van der Waals surface area contributed by atoms with E-state index in [1.165, 1.54) is 11.3 Å². The van der Waals surface area contributed by atoms with E-state index in [0.717, 1.165) is 11.4 Å². The molecule has 0 bridgehead atoms. The van der Waals surface area contributed by atoms with E-state index in [2.05, 4.69) is 14.9 Å². The Hall–Kier alpha value is -1.58. The quantitative estimate of drug-likeness (QED) is 0.775. The highest BCUT2D eigenvalue weighted by Gasteiger charge is 2.14. The second-order valence-corrected chi connectivity index (χ2v) is 7.50. The van der Waals surface area contributed by atoms with E-state index in [1.54, 1.807) is 24.3 Å². The van der Waals surface area contributed by atoms with Gasteiger partial charge in [0.1, 0.15) is 10.00 Å².